The van der Waals surface area contributed by atoms with Crippen LogP contribution in [0.3, 0.4) is 0 Å². The molecule has 1 heterocycles. The highest BCUT2D eigenvalue weighted by Crippen LogP contribution is 2.27. The maximum absolute atomic E-state index is 12.4. The lowest BCUT2D eigenvalue weighted by Crippen LogP contribution is -2.45. The smallest absolute Gasteiger partial charge is 0.324 e. The minimum atomic E-state index is 0.141. The van der Waals surface area contributed by atoms with Crippen molar-refractivity contribution in [1.82, 2.24) is 4.90 Å². The summed E-state index contributed by atoms with van der Waals surface area (Å²) in [5.41, 5.74) is 2.38. The number of fused-ring (bicyclic) bond motifs is 1. The van der Waals surface area contributed by atoms with Crippen molar-refractivity contribution in [3.63, 3.8) is 0 Å². The largest absolute Gasteiger partial charge is 0.325 e. The molecule has 1 aliphatic heterocycles. The van der Waals surface area contributed by atoms with E-state index in [1.807, 2.05) is 35.8 Å². The van der Waals surface area contributed by atoms with Gasteiger partial charge in [-0.2, -0.15) is 0 Å². The SMILES string of the molecule is CCN(CC)C(=O)N1CCCc2ccccc21. The van der Waals surface area contributed by atoms with Crippen LogP contribution in [0.15, 0.2) is 24.3 Å². The average Bonchev–Trinajstić information content (AvgIpc) is 2.39. The fourth-order valence-electron chi connectivity index (χ4n) is 2.40. The molecule has 2 amide bonds. The zero-order chi connectivity index (χ0) is 12.3. The Morgan fingerprint density at radius 2 is 2.00 bits per heavy atom. The summed E-state index contributed by atoms with van der Waals surface area (Å²) in [6.45, 7) is 6.43. The van der Waals surface area contributed by atoms with Gasteiger partial charge in [0.2, 0.25) is 0 Å². The van der Waals surface area contributed by atoms with E-state index in [1.165, 1.54) is 5.56 Å². The molecular weight excluding hydrogens is 212 g/mol. The van der Waals surface area contributed by atoms with E-state index in [4.69, 9.17) is 0 Å². The van der Waals surface area contributed by atoms with Gasteiger partial charge in [0.1, 0.15) is 0 Å². The molecule has 0 radical (unpaired) electrons. The van der Waals surface area contributed by atoms with E-state index >= 15 is 0 Å². The molecule has 0 saturated heterocycles. The van der Waals surface area contributed by atoms with Crippen LogP contribution in [0.1, 0.15) is 25.8 Å². The van der Waals surface area contributed by atoms with E-state index in [1.54, 1.807) is 0 Å². The molecule has 1 aliphatic rings. The van der Waals surface area contributed by atoms with E-state index in [9.17, 15) is 4.79 Å². The topological polar surface area (TPSA) is 23.6 Å². The van der Waals surface area contributed by atoms with Crippen molar-refractivity contribution in [2.75, 3.05) is 24.5 Å². The van der Waals surface area contributed by atoms with Crippen LogP contribution >= 0.6 is 0 Å². The van der Waals surface area contributed by atoms with Crippen LogP contribution in [-0.4, -0.2) is 30.6 Å². The standard InChI is InChI=1S/C14H20N2O/c1-3-15(4-2)14(17)16-11-7-9-12-8-5-6-10-13(12)16/h5-6,8,10H,3-4,7,9,11H2,1-2H3. The summed E-state index contributed by atoms with van der Waals surface area (Å²) in [6.07, 6.45) is 2.14. The van der Waals surface area contributed by atoms with E-state index < -0.39 is 0 Å². The number of hydrogen-bond donors (Lipinski definition) is 0. The maximum atomic E-state index is 12.4. The van der Waals surface area contributed by atoms with Crippen LogP contribution in [0.25, 0.3) is 0 Å². The molecule has 3 nitrogen and oxygen atoms in total. The summed E-state index contributed by atoms with van der Waals surface area (Å²) in [5.74, 6) is 0. The molecule has 0 spiro atoms. The molecule has 0 aliphatic carbocycles. The van der Waals surface area contributed by atoms with Crippen LogP contribution in [0.2, 0.25) is 0 Å². The number of rotatable bonds is 2. The summed E-state index contributed by atoms with van der Waals surface area (Å²) < 4.78 is 0. The number of aryl methyl sites for hydroxylation is 1. The Kier molecular flexibility index (Phi) is 3.67. The summed E-state index contributed by atoms with van der Waals surface area (Å²) in [4.78, 5) is 16.2. The van der Waals surface area contributed by atoms with Crippen molar-refractivity contribution in [3.8, 4) is 0 Å². The highest BCUT2D eigenvalue weighted by molar-refractivity contribution is 5.93. The van der Waals surface area contributed by atoms with Gasteiger partial charge in [0.25, 0.3) is 0 Å². The Morgan fingerprint density at radius 3 is 2.71 bits per heavy atom. The molecule has 0 N–H and O–H groups in total. The lowest BCUT2D eigenvalue weighted by atomic mass is 10.0. The number of carbonyl (C=O) groups excluding carboxylic acids is 1. The van der Waals surface area contributed by atoms with Gasteiger partial charge in [0.05, 0.1) is 0 Å². The molecule has 17 heavy (non-hydrogen) atoms. The molecule has 0 fully saturated rings. The van der Waals surface area contributed by atoms with Gasteiger partial charge in [0.15, 0.2) is 0 Å². The molecule has 2 rings (SSSR count). The summed E-state index contributed by atoms with van der Waals surface area (Å²) in [5, 5.41) is 0. The first-order valence-electron chi connectivity index (χ1n) is 6.42. The van der Waals surface area contributed by atoms with E-state index in [0.29, 0.717) is 0 Å². The van der Waals surface area contributed by atoms with E-state index in [2.05, 4.69) is 12.1 Å². The van der Waals surface area contributed by atoms with Crippen molar-refractivity contribution in [2.45, 2.75) is 26.7 Å². The molecule has 92 valence electrons. The van der Waals surface area contributed by atoms with Gasteiger partial charge in [-0.25, -0.2) is 4.79 Å². The zero-order valence-electron chi connectivity index (χ0n) is 10.6. The highest BCUT2D eigenvalue weighted by Gasteiger charge is 2.24. The quantitative estimate of drug-likeness (QED) is 0.769. The molecule has 0 aromatic heterocycles. The Balaban J connectivity index is 2.26. The lowest BCUT2D eigenvalue weighted by Gasteiger charge is -2.33. The van der Waals surface area contributed by atoms with Crippen molar-refractivity contribution < 1.29 is 4.79 Å². The normalized spacial score (nSPS) is 14.4. The Hall–Kier alpha value is -1.51. The highest BCUT2D eigenvalue weighted by atomic mass is 16.2. The Morgan fingerprint density at radius 1 is 1.29 bits per heavy atom. The Bertz CT molecular complexity index is 399. The predicted molar refractivity (Wildman–Crippen MR) is 70.4 cm³/mol. The second kappa shape index (κ2) is 5.21. The van der Waals surface area contributed by atoms with Crippen LogP contribution in [0.4, 0.5) is 10.5 Å². The third-order valence-electron chi connectivity index (χ3n) is 3.38. The number of para-hydroxylation sites is 1. The monoisotopic (exact) mass is 232 g/mol. The summed E-state index contributed by atoms with van der Waals surface area (Å²) in [6, 6.07) is 8.37. The van der Waals surface area contributed by atoms with E-state index in [0.717, 1.165) is 38.2 Å². The van der Waals surface area contributed by atoms with Gasteiger partial charge in [-0.1, -0.05) is 18.2 Å². The van der Waals surface area contributed by atoms with Crippen LogP contribution in [0.5, 0.6) is 0 Å². The fourth-order valence-corrected chi connectivity index (χ4v) is 2.40. The fraction of sp³-hybridized carbons (Fsp3) is 0.500. The number of nitrogens with zero attached hydrogens (tertiary/aromatic N) is 2. The number of carbonyl (C=O) groups is 1. The predicted octanol–water partition coefficient (Wildman–Crippen LogP) is 2.90. The first kappa shape index (κ1) is 12.0. The summed E-state index contributed by atoms with van der Waals surface area (Å²) >= 11 is 0. The number of benzene rings is 1. The minimum Gasteiger partial charge on any atom is -0.325 e. The second-order valence-electron chi connectivity index (χ2n) is 4.34. The number of hydrogen-bond acceptors (Lipinski definition) is 1. The Labute approximate surface area is 103 Å². The van der Waals surface area contributed by atoms with Gasteiger partial charge in [-0.05, 0) is 38.3 Å². The zero-order valence-corrected chi connectivity index (χ0v) is 10.6. The van der Waals surface area contributed by atoms with Gasteiger partial charge >= 0.3 is 6.03 Å². The minimum absolute atomic E-state index is 0.141. The first-order valence-corrected chi connectivity index (χ1v) is 6.42. The number of amides is 2. The molecule has 3 heteroatoms. The van der Waals surface area contributed by atoms with Crippen molar-refractivity contribution in [3.05, 3.63) is 29.8 Å². The van der Waals surface area contributed by atoms with Gasteiger partial charge in [0, 0.05) is 25.3 Å². The van der Waals surface area contributed by atoms with Crippen LogP contribution in [0, 0.1) is 0 Å². The first-order chi connectivity index (χ1) is 8.27. The van der Waals surface area contributed by atoms with Crippen molar-refractivity contribution in [1.29, 1.82) is 0 Å². The van der Waals surface area contributed by atoms with E-state index in [-0.39, 0.29) is 6.03 Å². The van der Waals surface area contributed by atoms with Gasteiger partial charge < -0.3 is 4.90 Å². The van der Waals surface area contributed by atoms with Crippen molar-refractivity contribution in [2.24, 2.45) is 0 Å². The molecule has 0 bridgehead atoms. The molecule has 0 saturated carbocycles. The molecule has 1 aromatic carbocycles. The third-order valence-corrected chi connectivity index (χ3v) is 3.38. The average molecular weight is 232 g/mol. The van der Waals surface area contributed by atoms with Crippen molar-refractivity contribution >= 4 is 11.7 Å². The number of anilines is 1. The molecule has 1 aromatic rings. The second-order valence-corrected chi connectivity index (χ2v) is 4.34. The van der Waals surface area contributed by atoms with Crippen LogP contribution in [-0.2, 0) is 6.42 Å². The molecular formula is C14H20N2O. The third kappa shape index (κ3) is 2.28. The molecule has 0 atom stereocenters. The summed E-state index contributed by atoms with van der Waals surface area (Å²) in [7, 11) is 0. The molecule has 0 unspecified atom stereocenters. The van der Waals surface area contributed by atoms with Crippen LogP contribution < -0.4 is 4.90 Å². The van der Waals surface area contributed by atoms with Gasteiger partial charge in [-0.15, -0.1) is 0 Å². The number of urea groups is 1. The lowest BCUT2D eigenvalue weighted by molar-refractivity contribution is 0.209. The maximum Gasteiger partial charge on any atom is 0.324 e. The van der Waals surface area contributed by atoms with Gasteiger partial charge in [-0.3, -0.25) is 4.90 Å².